The minimum Gasteiger partial charge on any atom is -0.406 e. The van der Waals surface area contributed by atoms with Crippen molar-refractivity contribution in [3.05, 3.63) is 94.0 Å². The molecule has 0 aromatic heterocycles. The lowest BCUT2D eigenvalue weighted by molar-refractivity contribution is -0.274. The van der Waals surface area contributed by atoms with Gasteiger partial charge in [-0.2, -0.15) is 0 Å². The average molecular weight is 549 g/mol. The topological polar surface area (TPSA) is 54.1 Å². The summed E-state index contributed by atoms with van der Waals surface area (Å²) in [6.07, 6.45) is -1.19. The van der Waals surface area contributed by atoms with E-state index in [1.807, 2.05) is 24.3 Å². The number of nitrogens with zero attached hydrogens (tertiary/aromatic N) is 3. The summed E-state index contributed by atoms with van der Waals surface area (Å²) in [5.41, 5.74) is 9.31. The first kappa shape index (κ1) is 26.9. The van der Waals surface area contributed by atoms with Crippen LogP contribution in [-0.4, -0.2) is 43.3 Å². The van der Waals surface area contributed by atoms with E-state index in [4.69, 9.17) is 28.9 Å². The minimum absolute atomic E-state index is 0.203. The average Bonchev–Trinajstić information content (AvgIpc) is 2.84. The van der Waals surface area contributed by atoms with Crippen LogP contribution in [0.4, 0.5) is 24.5 Å². The molecule has 0 bridgehead atoms. The number of rotatable bonds is 7. The summed E-state index contributed by atoms with van der Waals surface area (Å²) >= 11 is 12.4. The molecule has 0 unspecified atom stereocenters. The largest absolute Gasteiger partial charge is 0.573 e. The molecule has 2 N–H and O–H groups in total. The van der Waals surface area contributed by atoms with Crippen LogP contribution in [0.3, 0.4) is 0 Å². The van der Waals surface area contributed by atoms with Crippen molar-refractivity contribution in [3.63, 3.8) is 0 Å². The predicted molar refractivity (Wildman–Crippen MR) is 144 cm³/mol. The first-order chi connectivity index (χ1) is 17.6. The van der Waals surface area contributed by atoms with Crippen LogP contribution < -0.4 is 15.4 Å². The maximum absolute atomic E-state index is 12.5. The van der Waals surface area contributed by atoms with E-state index < -0.39 is 6.36 Å². The van der Waals surface area contributed by atoms with Gasteiger partial charge in [0.15, 0.2) is 0 Å². The fraction of sp³-hybridized carbons (Fsp3) is 0.222. The van der Waals surface area contributed by atoms with E-state index in [-0.39, 0.29) is 5.75 Å². The molecular weight excluding hydrogens is 524 g/mol. The maximum Gasteiger partial charge on any atom is 0.573 e. The van der Waals surface area contributed by atoms with Gasteiger partial charge >= 0.3 is 6.36 Å². The highest BCUT2D eigenvalue weighted by Crippen LogP contribution is 2.27. The zero-order valence-electron chi connectivity index (χ0n) is 19.8. The molecule has 1 fully saturated rings. The molecule has 1 saturated heterocycles. The Morgan fingerprint density at radius 2 is 1.70 bits per heavy atom. The number of hydrogen-bond donors (Lipinski definition) is 1. The van der Waals surface area contributed by atoms with E-state index in [0.717, 1.165) is 43.0 Å². The number of ether oxygens (including phenoxy) is 1. The summed E-state index contributed by atoms with van der Waals surface area (Å²) in [4.78, 5) is 8.76. The summed E-state index contributed by atoms with van der Waals surface area (Å²) in [5.74, 6) is 0.138. The van der Waals surface area contributed by atoms with Gasteiger partial charge in [0.05, 0.1) is 5.69 Å². The van der Waals surface area contributed by atoms with Crippen LogP contribution in [-0.2, 0) is 6.54 Å². The standard InChI is InChI=1S/C27H25Cl2F3N4O/c28-21-6-8-22(9-7-21)34-26(33)11-5-20-4-10-23(17-25(20)29)36-14-12-35(13-15-36)18-19-2-1-3-24(16-19)37-27(30,31)32/h1-11,16-17H,12-15,18H2,(H2,33,34). The number of amidine groups is 1. The van der Waals surface area contributed by atoms with Crippen LogP contribution in [0.1, 0.15) is 11.1 Å². The molecule has 0 spiro atoms. The van der Waals surface area contributed by atoms with E-state index in [9.17, 15) is 13.2 Å². The lowest BCUT2D eigenvalue weighted by atomic mass is 10.1. The van der Waals surface area contributed by atoms with Crippen molar-refractivity contribution < 1.29 is 17.9 Å². The lowest BCUT2D eigenvalue weighted by Crippen LogP contribution is -2.45. The Kier molecular flexibility index (Phi) is 8.63. The molecular formula is C27H25Cl2F3N4O. The molecule has 0 aliphatic carbocycles. The van der Waals surface area contributed by atoms with Crippen molar-refractivity contribution in [2.75, 3.05) is 31.1 Å². The summed E-state index contributed by atoms with van der Waals surface area (Å²) in [7, 11) is 0. The highest BCUT2D eigenvalue weighted by Gasteiger charge is 2.31. The van der Waals surface area contributed by atoms with Gasteiger partial charge in [-0.25, -0.2) is 4.99 Å². The van der Waals surface area contributed by atoms with Crippen molar-refractivity contribution in [3.8, 4) is 5.75 Å². The Balaban J connectivity index is 1.32. The highest BCUT2D eigenvalue weighted by atomic mass is 35.5. The Morgan fingerprint density at radius 3 is 2.38 bits per heavy atom. The molecule has 4 rings (SSSR count). The number of piperazine rings is 1. The van der Waals surface area contributed by atoms with Crippen LogP contribution in [0.15, 0.2) is 77.8 Å². The highest BCUT2D eigenvalue weighted by molar-refractivity contribution is 6.32. The van der Waals surface area contributed by atoms with Crippen molar-refractivity contribution in [2.24, 2.45) is 10.7 Å². The third-order valence-electron chi connectivity index (χ3n) is 5.78. The van der Waals surface area contributed by atoms with Crippen molar-refractivity contribution in [1.82, 2.24) is 4.90 Å². The fourth-order valence-corrected chi connectivity index (χ4v) is 4.35. The van der Waals surface area contributed by atoms with Gasteiger partial charge in [0.2, 0.25) is 0 Å². The van der Waals surface area contributed by atoms with Crippen molar-refractivity contribution in [2.45, 2.75) is 12.9 Å². The SMILES string of the molecule is NC(C=Cc1ccc(N2CCN(Cc3cccc(OC(F)(F)F)c3)CC2)cc1Cl)=Nc1ccc(Cl)cc1. The molecule has 5 nitrogen and oxygen atoms in total. The van der Waals surface area contributed by atoms with E-state index >= 15 is 0 Å². The number of halogens is 5. The fourth-order valence-electron chi connectivity index (χ4n) is 3.99. The van der Waals surface area contributed by atoms with E-state index in [1.165, 1.54) is 12.1 Å². The second kappa shape index (κ2) is 11.9. The number of benzene rings is 3. The molecule has 1 heterocycles. The zero-order valence-corrected chi connectivity index (χ0v) is 21.3. The molecule has 3 aromatic rings. The third kappa shape index (κ3) is 8.15. The number of nitrogens with two attached hydrogens (primary N) is 1. The van der Waals surface area contributed by atoms with Gasteiger partial charge in [-0.3, -0.25) is 4.90 Å². The van der Waals surface area contributed by atoms with E-state index in [0.29, 0.717) is 28.1 Å². The summed E-state index contributed by atoms with van der Waals surface area (Å²) in [6.45, 7) is 3.62. The van der Waals surface area contributed by atoms with Crippen LogP contribution >= 0.6 is 23.2 Å². The van der Waals surface area contributed by atoms with Gasteiger partial charge in [0.1, 0.15) is 11.6 Å². The van der Waals surface area contributed by atoms with Gasteiger partial charge in [0, 0.05) is 48.5 Å². The molecule has 3 aromatic carbocycles. The first-order valence-corrected chi connectivity index (χ1v) is 12.3. The summed E-state index contributed by atoms with van der Waals surface area (Å²) in [6, 6.07) is 19.0. The number of anilines is 1. The smallest absolute Gasteiger partial charge is 0.406 e. The van der Waals surface area contributed by atoms with Gasteiger partial charge < -0.3 is 15.4 Å². The molecule has 0 radical (unpaired) electrons. The second-order valence-corrected chi connectivity index (χ2v) is 9.35. The van der Waals surface area contributed by atoms with Crippen LogP contribution in [0.5, 0.6) is 5.75 Å². The summed E-state index contributed by atoms with van der Waals surface area (Å²) < 4.78 is 41.5. The Bertz CT molecular complexity index is 1270. The summed E-state index contributed by atoms with van der Waals surface area (Å²) in [5, 5.41) is 1.23. The predicted octanol–water partition coefficient (Wildman–Crippen LogP) is 6.92. The van der Waals surface area contributed by atoms with Gasteiger partial charge in [-0.1, -0.05) is 41.4 Å². The molecule has 0 atom stereocenters. The minimum atomic E-state index is -4.70. The quantitative estimate of drug-likeness (QED) is 0.257. The van der Waals surface area contributed by atoms with Crippen molar-refractivity contribution in [1.29, 1.82) is 0 Å². The molecule has 0 amide bonds. The van der Waals surface area contributed by atoms with E-state index in [1.54, 1.807) is 42.5 Å². The van der Waals surface area contributed by atoms with Gasteiger partial charge in [-0.05, 0) is 71.8 Å². The third-order valence-corrected chi connectivity index (χ3v) is 6.36. The van der Waals surface area contributed by atoms with Crippen molar-refractivity contribution >= 4 is 46.5 Å². The number of hydrogen-bond acceptors (Lipinski definition) is 4. The zero-order chi connectivity index (χ0) is 26.4. The Morgan fingerprint density at radius 1 is 0.973 bits per heavy atom. The number of aliphatic imine (C=N–C) groups is 1. The van der Waals surface area contributed by atoms with Crippen LogP contribution in [0.2, 0.25) is 10.0 Å². The maximum atomic E-state index is 12.5. The van der Waals surface area contributed by atoms with Gasteiger partial charge in [-0.15, -0.1) is 13.2 Å². The molecule has 1 aliphatic rings. The number of alkyl halides is 3. The molecule has 0 saturated carbocycles. The molecule has 37 heavy (non-hydrogen) atoms. The molecule has 1 aliphatic heterocycles. The monoisotopic (exact) mass is 548 g/mol. The van der Waals surface area contributed by atoms with Gasteiger partial charge in [0.25, 0.3) is 0 Å². The van der Waals surface area contributed by atoms with E-state index in [2.05, 4.69) is 19.5 Å². The van der Waals surface area contributed by atoms with Crippen LogP contribution in [0.25, 0.3) is 6.08 Å². The Labute approximate surface area is 223 Å². The molecule has 194 valence electrons. The second-order valence-electron chi connectivity index (χ2n) is 8.51. The lowest BCUT2D eigenvalue weighted by Gasteiger charge is -2.36. The Hall–Kier alpha value is -3.20. The molecule has 10 heteroatoms. The van der Waals surface area contributed by atoms with Crippen LogP contribution in [0, 0.1) is 0 Å². The normalized spacial score (nSPS) is 15.4. The first-order valence-electron chi connectivity index (χ1n) is 11.5.